The summed E-state index contributed by atoms with van der Waals surface area (Å²) in [5, 5.41) is 11.4. The smallest absolute Gasteiger partial charge is 0.254 e. The fraction of sp³-hybridized carbons (Fsp3) is 0.333. The highest BCUT2D eigenvalue weighted by Gasteiger charge is 2.44. The second-order valence-electron chi connectivity index (χ2n) is 9.63. The number of carbonyl (C=O) groups excluding carboxylic acids is 1. The van der Waals surface area contributed by atoms with Crippen LogP contribution in [0.5, 0.6) is 0 Å². The second-order valence-corrected chi connectivity index (χ2v) is 10.0. The van der Waals surface area contributed by atoms with Crippen LogP contribution in [0.4, 0.5) is 0 Å². The molecule has 0 radical (unpaired) electrons. The first-order valence-corrected chi connectivity index (χ1v) is 12.3. The van der Waals surface area contributed by atoms with Crippen molar-refractivity contribution in [2.45, 2.75) is 36.9 Å². The van der Waals surface area contributed by atoms with E-state index in [4.69, 9.17) is 25.4 Å². The normalized spacial score (nSPS) is 24.0. The molecule has 1 fully saturated rings. The Morgan fingerprint density at radius 3 is 2.72 bits per heavy atom. The van der Waals surface area contributed by atoms with Gasteiger partial charge in [0, 0.05) is 77.7 Å². The Morgan fingerprint density at radius 2 is 1.94 bits per heavy atom. The van der Waals surface area contributed by atoms with Crippen LogP contribution < -0.4 is 0 Å². The maximum Gasteiger partial charge on any atom is 0.254 e. The summed E-state index contributed by atoms with van der Waals surface area (Å²) in [6.07, 6.45) is 4.65. The topological polar surface area (TPSA) is 93.4 Å². The number of aromatic nitrogens is 4. The number of hydrogen-bond donors (Lipinski definition) is 1. The Hall–Kier alpha value is -3.33. The zero-order valence-electron chi connectivity index (χ0n) is 22.2. The fourth-order valence-corrected chi connectivity index (χ4v) is 6.03. The Bertz CT molecular complexity index is 1630. The van der Waals surface area contributed by atoms with Gasteiger partial charge in [-0.1, -0.05) is 23.7 Å². The van der Waals surface area contributed by atoms with Crippen LogP contribution in [-0.4, -0.2) is 55.6 Å². The molecule has 0 spiro atoms. The first kappa shape index (κ1) is 18.9. The van der Waals surface area contributed by atoms with Crippen molar-refractivity contribution in [3.8, 4) is 11.1 Å². The molecular weight excluding hydrogens is 478 g/mol. The van der Waals surface area contributed by atoms with Crippen molar-refractivity contribution >= 4 is 28.5 Å². The zero-order valence-corrected chi connectivity index (χ0v) is 19.9. The van der Waals surface area contributed by atoms with Crippen molar-refractivity contribution in [3.05, 3.63) is 76.6 Å². The molecule has 5 heterocycles. The highest BCUT2D eigenvalue weighted by Crippen LogP contribution is 2.49. The summed E-state index contributed by atoms with van der Waals surface area (Å²) in [6, 6.07) is 9.70. The molecule has 2 aromatic heterocycles. The van der Waals surface area contributed by atoms with E-state index in [1.807, 2.05) is 22.8 Å². The van der Waals surface area contributed by atoms with E-state index in [1.165, 1.54) is 0 Å². The number of fused-ring (bicyclic) bond motifs is 9. The standard InChI is InChI=1S/C27H24ClN5O3/c1-32-22-12-21(23-17(25(32)34)3-2-4-18(23)28)33-20-11-15(5-6-19(20)31-24(22)33)16-13-29-26(30-14-16)27(35)7-9-36-10-8-27/h2-6,11,13-14,21-22,35H,7-10,12H2,1H3/t21-,22-/m1/s1/i1D3. The molecule has 1 saturated heterocycles. The lowest BCUT2D eigenvalue weighted by molar-refractivity contribution is -0.0733. The van der Waals surface area contributed by atoms with Crippen LogP contribution in [0, 0.1) is 0 Å². The lowest BCUT2D eigenvalue weighted by atomic mass is 9.93. The summed E-state index contributed by atoms with van der Waals surface area (Å²) in [5.74, 6) is 0.338. The lowest BCUT2D eigenvalue weighted by Crippen LogP contribution is -2.35. The van der Waals surface area contributed by atoms with Gasteiger partial charge >= 0.3 is 0 Å². The summed E-state index contributed by atoms with van der Waals surface area (Å²) in [5.41, 5.74) is 2.91. The maximum absolute atomic E-state index is 13.5. The number of benzene rings is 2. The van der Waals surface area contributed by atoms with Crippen LogP contribution in [-0.2, 0) is 10.3 Å². The molecule has 4 aromatic rings. The number of aliphatic hydroxyl groups is 1. The average Bonchev–Trinajstić information content (AvgIpc) is 3.41. The number of carbonyl (C=O) groups is 1. The van der Waals surface area contributed by atoms with Crippen molar-refractivity contribution in [1.29, 1.82) is 0 Å². The van der Waals surface area contributed by atoms with Gasteiger partial charge in [-0.3, -0.25) is 4.79 Å². The van der Waals surface area contributed by atoms with Gasteiger partial charge in [-0.15, -0.1) is 0 Å². The van der Waals surface area contributed by atoms with Crippen molar-refractivity contribution in [3.63, 3.8) is 0 Å². The number of ether oxygens (including phenoxy) is 1. The number of nitrogens with zero attached hydrogens (tertiary/aromatic N) is 5. The van der Waals surface area contributed by atoms with Gasteiger partial charge in [0.25, 0.3) is 5.91 Å². The van der Waals surface area contributed by atoms with Gasteiger partial charge in [0.05, 0.1) is 23.1 Å². The number of amides is 1. The lowest BCUT2D eigenvalue weighted by Gasteiger charge is -2.30. The van der Waals surface area contributed by atoms with Crippen molar-refractivity contribution in [1.82, 2.24) is 24.4 Å². The third-order valence-corrected chi connectivity index (χ3v) is 7.97. The molecule has 9 heteroatoms. The first-order valence-electron chi connectivity index (χ1n) is 13.4. The summed E-state index contributed by atoms with van der Waals surface area (Å²) >= 11 is 6.65. The number of imidazole rings is 1. The molecule has 0 saturated carbocycles. The number of halogens is 1. The molecule has 3 aliphatic rings. The molecule has 0 aliphatic carbocycles. The minimum Gasteiger partial charge on any atom is -0.382 e. The van der Waals surface area contributed by atoms with Gasteiger partial charge in [0.1, 0.15) is 11.4 Å². The molecule has 8 nitrogen and oxygen atoms in total. The maximum atomic E-state index is 13.5. The summed E-state index contributed by atoms with van der Waals surface area (Å²) in [6.45, 7) is -1.72. The van der Waals surface area contributed by atoms with Crippen molar-refractivity contribution < 1.29 is 18.8 Å². The third kappa shape index (κ3) is 3.08. The monoisotopic (exact) mass is 504 g/mol. The summed E-state index contributed by atoms with van der Waals surface area (Å²) in [7, 11) is 0. The van der Waals surface area contributed by atoms with Crippen LogP contribution in [0.15, 0.2) is 48.8 Å². The van der Waals surface area contributed by atoms with Gasteiger partial charge < -0.3 is 19.3 Å². The highest BCUT2D eigenvalue weighted by molar-refractivity contribution is 6.32. The van der Waals surface area contributed by atoms with Gasteiger partial charge in [-0.05, 0) is 29.8 Å². The number of hydrogen-bond acceptors (Lipinski definition) is 6. The zero-order chi connectivity index (χ0) is 27.1. The quantitative estimate of drug-likeness (QED) is 0.438. The van der Waals surface area contributed by atoms with Gasteiger partial charge in [0.2, 0.25) is 0 Å². The Morgan fingerprint density at radius 1 is 1.14 bits per heavy atom. The molecule has 2 atom stereocenters. The van der Waals surface area contributed by atoms with Gasteiger partial charge in [0.15, 0.2) is 5.82 Å². The Kier molecular flexibility index (Phi) is 4.11. The molecule has 7 rings (SSSR count). The van der Waals surface area contributed by atoms with E-state index in [9.17, 15) is 9.90 Å². The fourth-order valence-electron chi connectivity index (χ4n) is 5.73. The van der Waals surface area contributed by atoms with Crippen LogP contribution in [0.3, 0.4) is 0 Å². The summed E-state index contributed by atoms with van der Waals surface area (Å²) in [4.78, 5) is 28.2. The predicted octanol–water partition coefficient (Wildman–Crippen LogP) is 4.26. The van der Waals surface area contributed by atoms with Crippen LogP contribution >= 0.6 is 11.6 Å². The van der Waals surface area contributed by atoms with Crippen molar-refractivity contribution in [2.75, 3.05) is 20.2 Å². The van der Waals surface area contributed by atoms with Gasteiger partial charge in [-0.25, -0.2) is 15.0 Å². The third-order valence-electron chi connectivity index (χ3n) is 7.64. The van der Waals surface area contributed by atoms with E-state index < -0.39 is 24.5 Å². The predicted molar refractivity (Wildman–Crippen MR) is 134 cm³/mol. The van der Waals surface area contributed by atoms with E-state index in [2.05, 4.69) is 9.97 Å². The minimum absolute atomic E-state index is 0.296. The molecule has 2 aromatic carbocycles. The van der Waals surface area contributed by atoms with Crippen molar-refractivity contribution in [2.24, 2.45) is 0 Å². The Labute approximate surface area is 216 Å². The summed E-state index contributed by atoms with van der Waals surface area (Å²) < 4.78 is 31.9. The van der Waals surface area contributed by atoms with Crippen LogP contribution in [0.1, 0.15) is 63.0 Å². The molecule has 2 bridgehead atoms. The van der Waals surface area contributed by atoms with Crippen LogP contribution in [0.25, 0.3) is 22.2 Å². The molecule has 1 N–H and O–H groups in total. The molecule has 0 unspecified atom stereocenters. The van der Waals surface area contributed by atoms with Gasteiger partial charge in [-0.2, -0.15) is 0 Å². The molecule has 1 amide bonds. The molecular formula is C27H24ClN5O3. The molecule has 3 aliphatic heterocycles. The largest absolute Gasteiger partial charge is 0.382 e. The minimum atomic E-state index is -2.65. The molecule has 36 heavy (non-hydrogen) atoms. The van der Waals surface area contributed by atoms with E-state index in [1.54, 1.807) is 30.6 Å². The first-order chi connectivity index (χ1) is 18.7. The van der Waals surface area contributed by atoms with E-state index in [0.29, 0.717) is 65.8 Å². The van der Waals surface area contributed by atoms with E-state index >= 15 is 0 Å². The van der Waals surface area contributed by atoms with E-state index in [0.717, 1.165) is 21.5 Å². The second kappa shape index (κ2) is 7.83. The highest BCUT2D eigenvalue weighted by atomic mass is 35.5. The average molecular weight is 505 g/mol. The number of rotatable bonds is 2. The van der Waals surface area contributed by atoms with E-state index in [-0.39, 0.29) is 6.04 Å². The molecule has 182 valence electrons. The van der Waals surface area contributed by atoms with Crippen LogP contribution in [0.2, 0.25) is 5.02 Å². The SMILES string of the molecule is [2H]C([2H])([2H])N1C(=O)c2cccc(Cl)c2[C@H]2C[C@@H]1c1nc3ccc(-c4cnc(C5(O)CCOCC5)nc4)cc3n12. The Balaban J connectivity index is 1.35.